The molecule has 5 nitrogen and oxygen atoms in total. The van der Waals surface area contributed by atoms with E-state index < -0.39 is 5.97 Å². The Morgan fingerprint density at radius 3 is 3.05 bits per heavy atom. The van der Waals surface area contributed by atoms with Crippen molar-refractivity contribution in [2.24, 2.45) is 5.92 Å². The van der Waals surface area contributed by atoms with Crippen molar-refractivity contribution < 1.29 is 9.53 Å². The largest absolute Gasteiger partial charge is 0.462 e. The summed E-state index contributed by atoms with van der Waals surface area (Å²) in [7, 11) is 0. The van der Waals surface area contributed by atoms with Crippen molar-refractivity contribution in [2.45, 2.75) is 39.2 Å². The number of hydrogen-bond acceptors (Lipinski definition) is 5. The summed E-state index contributed by atoms with van der Waals surface area (Å²) >= 11 is 0. The fourth-order valence-corrected chi connectivity index (χ4v) is 2.23. The van der Waals surface area contributed by atoms with Crippen molar-refractivity contribution in [3.63, 3.8) is 0 Å². The summed E-state index contributed by atoms with van der Waals surface area (Å²) in [6.45, 7) is 4.30. The maximum atomic E-state index is 11.7. The second-order valence-corrected chi connectivity index (χ2v) is 4.91. The van der Waals surface area contributed by atoms with Crippen LogP contribution in [0.3, 0.4) is 0 Å². The molecule has 1 saturated carbocycles. The second-order valence-electron chi connectivity index (χ2n) is 4.91. The molecular weight excluding hydrogens is 242 g/mol. The molecule has 1 fully saturated rings. The molecule has 0 bridgehead atoms. The molecule has 2 atom stereocenters. The number of pyridine rings is 1. The average molecular weight is 263 g/mol. The Morgan fingerprint density at radius 1 is 1.58 bits per heavy atom. The van der Waals surface area contributed by atoms with E-state index in [0.29, 0.717) is 29.7 Å². The molecule has 1 aliphatic carbocycles. The number of rotatable bonds is 6. The van der Waals surface area contributed by atoms with Gasteiger partial charge in [-0.1, -0.05) is 13.3 Å². The van der Waals surface area contributed by atoms with Crippen LogP contribution in [0.25, 0.3) is 0 Å². The van der Waals surface area contributed by atoms with Crippen molar-refractivity contribution in [3.05, 3.63) is 17.8 Å². The van der Waals surface area contributed by atoms with Crippen molar-refractivity contribution in [1.29, 1.82) is 0 Å². The van der Waals surface area contributed by atoms with Gasteiger partial charge in [0, 0.05) is 6.04 Å². The number of nitrogens with one attached hydrogen (secondary N) is 1. The highest BCUT2D eigenvalue weighted by atomic mass is 16.5. The Balaban J connectivity index is 2.03. The normalized spacial score (nSPS) is 20.9. The SMILES string of the molecule is CCCC1CC1Nc1cc(C(=O)OCC)c(N)cn1. The molecule has 0 saturated heterocycles. The van der Waals surface area contributed by atoms with Crippen LogP contribution in [0, 0.1) is 5.92 Å². The fourth-order valence-electron chi connectivity index (χ4n) is 2.23. The number of carbonyl (C=O) groups is 1. The third-order valence-electron chi connectivity index (χ3n) is 3.35. The summed E-state index contributed by atoms with van der Waals surface area (Å²) in [6, 6.07) is 2.15. The van der Waals surface area contributed by atoms with Gasteiger partial charge in [-0.25, -0.2) is 9.78 Å². The molecule has 1 heterocycles. The van der Waals surface area contributed by atoms with Gasteiger partial charge in [0.1, 0.15) is 5.82 Å². The summed E-state index contributed by atoms with van der Waals surface area (Å²) in [5.41, 5.74) is 6.48. The van der Waals surface area contributed by atoms with E-state index in [4.69, 9.17) is 10.5 Å². The Labute approximate surface area is 113 Å². The number of anilines is 2. The number of nitrogen functional groups attached to an aromatic ring is 1. The first kappa shape index (κ1) is 13.6. The molecular formula is C14H21N3O2. The maximum absolute atomic E-state index is 11.7. The van der Waals surface area contributed by atoms with E-state index in [1.807, 2.05) is 0 Å². The first-order chi connectivity index (χ1) is 9.15. The molecule has 5 heteroatoms. The molecule has 1 aromatic heterocycles. The highest BCUT2D eigenvalue weighted by molar-refractivity contribution is 5.95. The number of carbonyl (C=O) groups excluding carboxylic acids is 1. The van der Waals surface area contributed by atoms with Crippen molar-refractivity contribution >= 4 is 17.5 Å². The summed E-state index contributed by atoms with van der Waals surface area (Å²) in [6.07, 6.45) is 5.11. The average Bonchev–Trinajstić information content (AvgIpc) is 3.10. The van der Waals surface area contributed by atoms with Gasteiger partial charge in [-0.15, -0.1) is 0 Å². The molecule has 2 unspecified atom stereocenters. The summed E-state index contributed by atoms with van der Waals surface area (Å²) in [5.74, 6) is 1.03. The Bertz CT molecular complexity index is 462. The van der Waals surface area contributed by atoms with Gasteiger partial charge in [0.2, 0.25) is 0 Å². The molecule has 3 N–H and O–H groups in total. The smallest absolute Gasteiger partial charge is 0.340 e. The van der Waals surface area contributed by atoms with E-state index in [1.165, 1.54) is 25.5 Å². The quantitative estimate of drug-likeness (QED) is 0.771. The van der Waals surface area contributed by atoms with Gasteiger partial charge in [-0.3, -0.25) is 0 Å². The third kappa shape index (κ3) is 3.36. The molecule has 0 radical (unpaired) electrons. The zero-order chi connectivity index (χ0) is 13.8. The highest BCUT2D eigenvalue weighted by Gasteiger charge is 2.36. The summed E-state index contributed by atoms with van der Waals surface area (Å²) in [4.78, 5) is 15.9. The molecule has 0 spiro atoms. The Morgan fingerprint density at radius 2 is 2.37 bits per heavy atom. The maximum Gasteiger partial charge on any atom is 0.340 e. The van der Waals surface area contributed by atoms with Crippen LogP contribution in [0.15, 0.2) is 12.3 Å². The van der Waals surface area contributed by atoms with E-state index in [-0.39, 0.29) is 0 Å². The number of nitrogens with zero attached hydrogens (tertiary/aromatic N) is 1. The van der Waals surface area contributed by atoms with Gasteiger partial charge >= 0.3 is 5.97 Å². The molecule has 1 aromatic rings. The van der Waals surface area contributed by atoms with Gasteiger partial charge in [0.15, 0.2) is 0 Å². The van der Waals surface area contributed by atoms with Gasteiger partial charge < -0.3 is 15.8 Å². The topological polar surface area (TPSA) is 77.2 Å². The van der Waals surface area contributed by atoms with Gasteiger partial charge in [-0.2, -0.15) is 0 Å². The van der Waals surface area contributed by atoms with Gasteiger partial charge in [0.25, 0.3) is 0 Å². The van der Waals surface area contributed by atoms with Gasteiger partial charge in [0.05, 0.1) is 24.1 Å². The standard InChI is InChI=1S/C14H21N3O2/c1-3-5-9-6-12(9)17-13-7-10(11(15)8-16-13)14(18)19-4-2/h7-9,12H,3-6,15H2,1-2H3,(H,16,17). The number of esters is 1. The molecule has 2 rings (SSSR count). The van der Waals surface area contributed by atoms with Crippen molar-refractivity contribution in [2.75, 3.05) is 17.7 Å². The first-order valence-electron chi connectivity index (χ1n) is 6.84. The van der Waals surface area contributed by atoms with Crippen molar-refractivity contribution in [3.8, 4) is 0 Å². The molecule has 0 aliphatic heterocycles. The number of aromatic nitrogens is 1. The van der Waals surface area contributed by atoms with Gasteiger partial charge in [-0.05, 0) is 31.7 Å². The summed E-state index contributed by atoms with van der Waals surface area (Å²) in [5, 5.41) is 3.34. The predicted octanol–water partition coefficient (Wildman–Crippen LogP) is 2.44. The van der Waals surface area contributed by atoms with Crippen LogP contribution in [0.5, 0.6) is 0 Å². The Kier molecular flexibility index (Phi) is 4.24. The highest BCUT2D eigenvalue weighted by Crippen LogP contribution is 2.37. The molecule has 0 amide bonds. The zero-order valence-electron chi connectivity index (χ0n) is 11.5. The monoisotopic (exact) mass is 263 g/mol. The number of nitrogens with two attached hydrogens (primary N) is 1. The lowest BCUT2D eigenvalue weighted by atomic mass is 10.2. The minimum Gasteiger partial charge on any atom is -0.462 e. The minimum atomic E-state index is -0.397. The summed E-state index contributed by atoms with van der Waals surface area (Å²) < 4.78 is 4.97. The molecule has 0 aromatic carbocycles. The Hall–Kier alpha value is -1.78. The lowest BCUT2D eigenvalue weighted by molar-refractivity contribution is 0.0527. The van der Waals surface area contributed by atoms with E-state index in [9.17, 15) is 4.79 Å². The zero-order valence-corrected chi connectivity index (χ0v) is 11.5. The van der Waals surface area contributed by atoms with Crippen LogP contribution in [-0.2, 0) is 4.74 Å². The first-order valence-corrected chi connectivity index (χ1v) is 6.84. The van der Waals surface area contributed by atoms with Crippen LogP contribution in [0.4, 0.5) is 11.5 Å². The van der Waals surface area contributed by atoms with Crippen LogP contribution < -0.4 is 11.1 Å². The van der Waals surface area contributed by atoms with E-state index in [2.05, 4.69) is 17.2 Å². The lowest BCUT2D eigenvalue weighted by Gasteiger charge is -2.09. The van der Waals surface area contributed by atoms with Crippen LogP contribution >= 0.6 is 0 Å². The molecule has 104 valence electrons. The van der Waals surface area contributed by atoms with Crippen LogP contribution in [-0.4, -0.2) is 23.6 Å². The molecule has 19 heavy (non-hydrogen) atoms. The fraction of sp³-hybridized carbons (Fsp3) is 0.571. The predicted molar refractivity (Wildman–Crippen MR) is 75.0 cm³/mol. The minimum absolute atomic E-state index is 0.338. The van der Waals surface area contributed by atoms with Crippen LogP contribution in [0.2, 0.25) is 0 Å². The lowest BCUT2D eigenvalue weighted by Crippen LogP contribution is -2.11. The van der Waals surface area contributed by atoms with E-state index in [1.54, 1.807) is 13.0 Å². The van der Waals surface area contributed by atoms with Crippen molar-refractivity contribution in [1.82, 2.24) is 4.98 Å². The van der Waals surface area contributed by atoms with Crippen LogP contribution in [0.1, 0.15) is 43.5 Å². The van der Waals surface area contributed by atoms with E-state index in [0.717, 1.165) is 5.92 Å². The van der Waals surface area contributed by atoms with E-state index >= 15 is 0 Å². The number of ether oxygens (including phenoxy) is 1. The second kappa shape index (κ2) is 5.91. The third-order valence-corrected chi connectivity index (χ3v) is 3.35. The number of hydrogen-bond donors (Lipinski definition) is 2. The molecule has 1 aliphatic rings.